The maximum absolute atomic E-state index is 13.0. The number of hydrogen-bond donors (Lipinski definition) is 4. The fourth-order valence-electron chi connectivity index (χ4n) is 2.25. The smallest absolute Gasteiger partial charge is 0.251 e. The highest BCUT2D eigenvalue weighted by molar-refractivity contribution is 7.81. The van der Waals surface area contributed by atoms with Gasteiger partial charge in [0.05, 0.1) is 6.04 Å². The van der Waals surface area contributed by atoms with Crippen molar-refractivity contribution in [2.75, 3.05) is 11.4 Å². The van der Waals surface area contributed by atoms with E-state index in [2.05, 4.69) is 23.3 Å². The molecule has 25 heavy (non-hydrogen) atoms. The Kier molecular flexibility index (Phi) is 5.87. The molecule has 0 bridgehead atoms. The van der Waals surface area contributed by atoms with Crippen LogP contribution < -0.4 is 15.4 Å². The van der Waals surface area contributed by atoms with E-state index in [1.165, 1.54) is 22.5 Å². The molecule has 0 spiro atoms. The third-order valence-electron chi connectivity index (χ3n) is 3.67. The number of thiol groups is 1. The van der Waals surface area contributed by atoms with E-state index in [0.717, 1.165) is 5.56 Å². The average molecular weight is 362 g/mol. The van der Waals surface area contributed by atoms with Crippen LogP contribution in [0.4, 0.5) is 10.1 Å². The third-order valence-corrected chi connectivity index (χ3v) is 3.91. The first kappa shape index (κ1) is 18.6. The van der Waals surface area contributed by atoms with Gasteiger partial charge in [-0.2, -0.15) is 0 Å². The molecule has 2 rings (SSSR count). The number of carbonyl (C=O) groups excluding carboxylic acids is 1. The summed E-state index contributed by atoms with van der Waals surface area (Å²) in [5.74, 6) is -0.797. The number of oxime groups is 1. The van der Waals surface area contributed by atoms with Gasteiger partial charge in [0.15, 0.2) is 5.84 Å². The Labute approximate surface area is 150 Å². The summed E-state index contributed by atoms with van der Waals surface area (Å²) in [7, 11) is 1.69. The van der Waals surface area contributed by atoms with Crippen molar-refractivity contribution in [1.82, 2.24) is 5.32 Å². The number of nitrogens with one attached hydrogen (secondary N) is 1. The molecule has 2 aromatic rings. The lowest BCUT2D eigenvalue weighted by atomic mass is 10.1. The molecule has 0 heterocycles. The van der Waals surface area contributed by atoms with E-state index in [0.29, 0.717) is 16.8 Å². The lowest BCUT2D eigenvalue weighted by molar-refractivity contribution is 0.0940. The first-order valence-corrected chi connectivity index (χ1v) is 7.83. The van der Waals surface area contributed by atoms with Gasteiger partial charge in [0.25, 0.3) is 5.91 Å². The quantitative estimate of drug-likeness (QED) is 0.216. The summed E-state index contributed by atoms with van der Waals surface area (Å²) in [4.78, 5) is 12.6. The lowest BCUT2D eigenvalue weighted by Crippen LogP contribution is -2.27. The van der Waals surface area contributed by atoms with Gasteiger partial charge in [-0.1, -0.05) is 30.1 Å². The number of amides is 1. The SMILES string of the molecule is C[C@@H](NC(=O)c1cc(/C(N)=N/O)cc(N(C)S)c1)c1ccc(F)cc1. The molecule has 0 aliphatic rings. The molecular weight excluding hydrogens is 343 g/mol. The van der Waals surface area contributed by atoms with Crippen LogP contribution in [0.3, 0.4) is 0 Å². The van der Waals surface area contributed by atoms with Gasteiger partial charge in [-0.25, -0.2) is 4.39 Å². The minimum absolute atomic E-state index is 0.113. The molecule has 132 valence electrons. The summed E-state index contributed by atoms with van der Waals surface area (Å²) in [6, 6.07) is 10.4. The van der Waals surface area contributed by atoms with Crippen molar-refractivity contribution in [2.45, 2.75) is 13.0 Å². The summed E-state index contributed by atoms with van der Waals surface area (Å²) in [6.07, 6.45) is 0. The second-order valence-electron chi connectivity index (χ2n) is 5.52. The monoisotopic (exact) mass is 362 g/mol. The number of hydrogen-bond acceptors (Lipinski definition) is 5. The molecule has 0 fully saturated rings. The molecule has 8 heteroatoms. The molecule has 0 aromatic heterocycles. The summed E-state index contributed by atoms with van der Waals surface area (Å²) in [6.45, 7) is 1.80. The largest absolute Gasteiger partial charge is 0.409 e. The lowest BCUT2D eigenvalue weighted by Gasteiger charge is -2.17. The van der Waals surface area contributed by atoms with Crippen LogP contribution in [-0.4, -0.2) is 24.0 Å². The van der Waals surface area contributed by atoms with Gasteiger partial charge in [-0.3, -0.25) is 4.79 Å². The zero-order valence-electron chi connectivity index (χ0n) is 13.8. The summed E-state index contributed by atoms with van der Waals surface area (Å²) < 4.78 is 14.5. The van der Waals surface area contributed by atoms with Crippen molar-refractivity contribution in [2.24, 2.45) is 10.9 Å². The fourth-order valence-corrected chi connectivity index (χ4v) is 2.36. The van der Waals surface area contributed by atoms with Crippen LogP contribution in [0, 0.1) is 5.82 Å². The molecule has 0 saturated carbocycles. The van der Waals surface area contributed by atoms with Crippen LogP contribution in [0.5, 0.6) is 0 Å². The van der Waals surface area contributed by atoms with E-state index in [4.69, 9.17) is 10.9 Å². The van der Waals surface area contributed by atoms with Crippen molar-refractivity contribution in [3.05, 3.63) is 65.0 Å². The van der Waals surface area contributed by atoms with Crippen LogP contribution >= 0.6 is 12.8 Å². The van der Waals surface area contributed by atoms with E-state index in [9.17, 15) is 9.18 Å². The van der Waals surface area contributed by atoms with E-state index < -0.39 is 0 Å². The molecule has 1 atom stereocenters. The van der Waals surface area contributed by atoms with Crippen molar-refractivity contribution in [3.63, 3.8) is 0 Å². The standard InChI is InChI=1S/C17H19FN4O2S/c1-10(11-3-5-14(18)6-4-11)20-17(23)13-7-12(16(19)21-24)8-15(9-13)22(2)25/h3-10,24-25H,1-2H3,(H2,19,21)(H,20,23)/t10-/m1/s1. The van der Waals surface area contributed by atoms with Crippen molar-refractivity contribution in [3.8, 4) is 0 Å². The second kappa shape index (κ2) is 7.89. The van der Waals surface area contributed by atoms with Crippen LogP contribution in [0.25, 0.3) is 0 Å². The summed E-state index contributed by atoms with van der Waals surface area (Å²) in [5, 5.41) is 14.7. The molecule has 0 aliphatic carbocycles. The van der Waals surface area contributed by atoms with E-state index in [-0.39, 0.29) is 23.6 Å². The number of amidine groups is 1. The van der Waals surface area contributed by atoms with Crippen molar-refractivity contribution < 1.29 is 14.4 Å². The minimum Gasteiger partial charge on any atom is -0.409 e. The highest BCUT2D eigenvalue weighted by Gasteiger charge is 2.15. The summed E-state index contributed by atoms with van der Waals surface area (Å²) in [5.41, 5.74) is 7.72. The van der Waals surface area contributed by atoms with E-state index in [1.807, 2.05) is 0 Å². The third kappa shape index (κ3) is 4.63. The Hall–Kier alpha value is -2.74. The number of rotatable bonds is 5. The predicted molar refractivity (Wildman–Crippen MR) is 98.6 cm³/mol. The number of carbonyl (C=O) groups is 1. The molecule has 0 aliphatic heterocycles. The molecule has 0 radical (unpaired) electrons. The summed E-state index contributed by atoms with van der Waals surface area (Å²) >= 11 is 4.21. The van der Waals surface area contributed by atoms with Crippen LogP contribution in [0.1, 0.15) is 34.5 Å². The van der Waals surface area contributed by atoms with Gasteiger partial charge >= 0.3 is 0 Å². The van der Waals surface area contributed by atoms with Crippen LogP contribution in [0.15, 0.2) is 47.6 Å². The molecule has 1 amide bonds. The van der Waals surface area contributed by atoms with Crippen molar-refractivity contribution in [1.29, 1.82) is 0 Å². The Morgan fingerprint density at radius 3 is 2.44 bits per heavy atom. The zero-order chi connectivity index (χ0) is 18.6. The molecule has 6 nitrogen and oxygen atoms in total. The van der Waals surface area contributed by atoms with Gasteiger partial charge < -0.3 is 20.6 Å². The average Bonchev–Trinajstić information content (AvgIpc) is 2.60. The fraction of sp³-hybridized carbons (Fsp3) is 0.176. The van der Waals surface area contributed by atoms with Gasteiger partial charge in [-0.15, -0.1) is 0 Å². The maximum Gasteiger partial charge on any atom is 0.251 e. The second-order valence-corrected chi connectivity index (χ2v) is 6.12. The normalized spacial score (nSPS) is 12.6. The van der Waals surface area contributed by atoms with Crippen molar-refractivity contribution >= 4 is 30.2 Å². The van der Waals surface area contributed by atoms with Gasteiger partial charge in [0, 0.05) is 23.9 Å². The number of nitrogens with two attached hydrogens (primary N) is 1. The molecule has 0 saturated heterocycles. The van der Waals surface area contributed by atoms with Gasteiger partial charge in [0.2, 0.25) is 0 Å². The minimum atomic E-state index is -0.346. The van der Waals surface area contributed by atoms with E-state index in [1.54, 1.807) is 38.2 Å². The highest BCUT2D eigenvalue weighted by atomic mass is 32.1. The van der Waals surface area contributed by atoms with Gasteiger partial charge in [-0.05, 0) is 42.8 Å². The molecule has 2 aromatic carbocycles. The first-order chi connectivity index (χ1) is 11.8. The predicted octanol–water partition coefficient (Wildman–Crippen LogP) is 2.69. The number of anilines is 1. The Morgan fingerprint density at radius 1 is 1.28 bits per heavy atom. The molecular formula is C17H19FN4O2S. The number of benzene rings is 2. The number of halogens is 1. The highest BCUT2D eigenvalue weighted by Crippen LogP contribution is 2.21. The van der Waals surface area contributed by atoms with Crippen LogP contribution in [-0.2, 0) is 0 Å². The number of nitrogens with zero attached hydrogens (tertiary/aromatic N) is 2. The Bertz CT molecular complexity index is 794. The Morgan fingerprint density at radius 2 is 1.88 bits per heavy atom. The molecule has 0 unspecified atom stereocenters. The van der Waals surface area contributed by atoms with Crippen LogP contribution in [0.2, 0.25) is 0 Å². The topological polar surface area (TPSA) is 91.0 Å². The maximum atomic E-state index is 13.0. The first-order valence-electron chi connectivity index (χ1n) is 7.43. The zero-order valence-corrected chi connectivity index (χ0v) is 14.7. The van der Waals surface area contributed by atoms with Gasteiger partial charge in [0.1, 0.15) is 5.82 Å². The van der Waals surface area contributed by atoms with E-state index >= 15 is 0 Å². The molecule has 4 N–H and O–H groups in total. The Balaban J connectivity index is 2.28.